The number of nitrogens with zero attached hydrogens (tertiary/aromatic N) is 6. The van der Waals surface area contributed by atoms with Gasteiger partial charge in [-0.15, -0.1) is 5.10 Å². The second kappa shape index (κ2) is 8.16. The fourth-order valence-corrected chi connectivity index (χ4v) is 3.11. The lowest BCUT2D eigenvalue weighted by molar-refractivity contribution is -0.141. The summed E-state index contributed by atoms with van der Waals surface area (Å²) in [6.07, 6.45) is 0.275. The summed E-state index contributed by atoms with van der Waals surface area (Å²) >= 11 is 0. The highest BCUT2D eigenvalue weighted by Crippen LogP contribution is 2.27. The van der Waals surface area contributed by atoms with E-state index in [1.165, 1.54) is 19.2 Å². The first-order chi connectivity index (χ1) is 14.0. The Kier molecular flexibility index (Phi) is 5.43. The molecule has 0 spiro atoms. The van der Waals surface area contributed by atoms with E-state index in [1.807, 2.05) is 12.1 Å². The van der Waals surface area contributed by atoms with Crippen molar-refractivity contribution in [3.8, 4) is 23.1 Å². The van der Waals surface area contributed by atoms with Gasteiger partial charge in [-0.25, -0.2) is 15.0 Å². The van der Waals surface area contributed by atoms with Crippen molar-refractivity contribution >= 4 is 0 Å². The monoisotopic (exact) mass is 404 g/mol. The number of rotatable bonds is 6. The molecule has 4 rings (SSSR count). The zero-order valence-corrected chi connectivity index (χ0v) is 15.5. The van der Waals surface area contributed by atoms with Crippen molar-refractivity contribution in [2.75, 3.05) is 26.2 Å². The molecule has 0 saturated carbocycles. The molecule has 0 atom stereocenters. The molecule has 1 aliphatic heterocycles. The first-order valence-electron chi connectivity index (χ1n) is 9.27. The number of ether oxygens (including phenoxy) is 1. The third kappa shape index (κ3) is 4.70. The van der Waals surface area contributed by atoms with Crippen LogP contribution in [0.15, 0.2) is 42.9 Å². The van der Waals surface area contributed by atoms with Crippen LogP contribution in [0.25, 0.3) is 17.3 Å². The molecule has 0 amide bonds. The maximum atomic E-state index is 12.8. The Labute approximate surface area is 165 Å². The van der Waals surface area contributed by atoms with Crippen molar-refractivity contribution in [3.05, 3.63) is 48.5 Å². The third-order valence-corrected chi connectivity index (χ3v) is 4.62. The van der Waals surface area contributed by atoms with E-state index in [1.54, 1.807) is 12.1 Å². The molecule has 3 heterocycles. The first kappa shape index (κ1) is 19.3. The fourth-order valence-electron chi connectivity index (χ4n) is 3.11. The Balaban J connectivity index is 1.41. The van der Waals surface area contributed by atoms with Gasteiger partial charge in [0, 0.05) is 18.3 Å². The van der Waals surface area contributed by atoms with E-state index in [0.29, 0.717) is 18.0 Å². The molecule has 1 aliphatic rings. The third-order valence-electron chi connectivity index (χ3n) is 4.62. The van der Waals surface area contributed by atoms with Crippen LogP contribution in [0.3, 0.4) is 0 Å². The number of hydrogen-bond donors (Lipinski definition) is 0. The van der Waals surface area contributed by atoms with Gasteiger partial charge in [-0.05, 0) is 56.3 Å². The molecule has 2 aromatic heterocycles. The summed E-state index contributed by atoms with van der Waals surface area (Å²) in [4.78, 5) is 13.9. The van der Waals surface area contributed by atoms with Crippen molar-refractivity contribution < 1.29 is 17.9 Å². The average Bonchev–Trinajstić information content (AvgIpc) is 3.40. The van der Waals surface area contributed by atoms with Gasteiger partial charge in [0.05, 0.1) is 0 Å². The highest BCUT2D eigenvalue weighted by Gasteiger charge is 2.33. The molecular weight excluding hydrogens is 385 g/mol. The highest BCUT2D eigenvalue weighted by atomic mass is 19.4. The van der Waals surface area contributed by atoms with Gasteiger partial charge in [-0.1, -0.05) is 0 Å². The Morgan fingerprint density at radius 3 is 2.48 bits per heavy atom. The summed E-state index contributed by atoms with van der Waals surface area (Å²) in [6.45, 7) is 3.79. The van der Waals surface area contributed by atoms with Gasteiger partial charge >= 0.3 is 6.18 Å². The summed E-state index contributed by atoms with van der Waals surface area (Å²) in [5.41, 5.74) is -0.322. The maximum absolute atomic E-state index is 12.8. The molecule has 0 radical (unpaired) electrons. The molecule has 0 bridgehead atoms. The van der Waals surface area contributed by atoms with Crippen LogP contribution in [0.2, 0.25) is 0 Å². The highest BCUT2D eigenvalue weighted by molar-refractivity contribution is 5.55. The van der Waals surface area contributed by atoms with E-state index in [9.17, 15) is 13.2 Å². The number of likely N-dealkylation sites (tertiary alicyclic amines) is 1. The number of halogens is 3. The minimum atomic E-state index is -4.55. The van der Waals surface area contributed by atoms with Crippen LogP contribution < -0.4 is 4.74 Å². The molecule has 152 valence electrons. The van der Waals surface area contributed by atoms with Crippen molar-refractivity contribution in [2.24, 2.45) is 0 Å². The molecule has 1 aromatic carbocycles. The summed E-state index contributed by atoms with van der Waals surface area (Å²) in [7, 11) is 0. The zero-order valence-electron chi connectivity index (χ0n) is 15.5. The van der Waals surface area contributed by atoms with Crippen LogP contribution in [0.4, 0.5) is 13.2 Å². The predicted octanol–water partition coefficient (Wildman–Crippen LogP) is 3.22. The summed E-state index contributed by atoms with van der Waals surface area (Å²) in [5, 5.41) is 4.18. The second-order valence-electron chi connectivity index (χ2n) is 6.67. The number of hydrogen-bond acceptors (Lipinski definition) is 6. The molecule has 0 N–H and O–H groups in total. The minimum Gasteiger partial charge on any atom is -0.492 e. The Morgan fingerprint density at radius 1 is 1.00 bits per heavy atom. The van der Waals surface area contributed by atoms with Crippen LogP contribution in [0.1, 0.15) is 18.5 Å². The SMILES string of the molecule is FC(F)(F)c1ccnc(-n2cnc(-c3ccc(OCCN4CCCC4)cc3)n2)n1. The normalized spacial score (nSPS) is 15.0. The second-order valence-corrected chi connectivity index (χ2v) is 6.67. The van der Waals surface area contributed by atoms with Gasteiger partial charge in [0.2, 0.25) is 0 Å². The number of alkyl halides is 3. The standard InChI is InChI=1S/C19H19F3N6O/c20-19(21,22)16-7-8-23-18(25-16)28-13-24-17(26-28)14-3-5-15(6-4-14)29-12-11-27-9-1-2-10-27/h3-8,13H,1-2,9-12H2. The Hall–Kier alpha value is -3.01. The van der Waals surface area contributed by atoms with E-state index in [4.69, 9.17) is 4.74 Å². The molecule has 1 fully saturated rings. The molecule has 10 heteroatoms. The Morgan fingerprint density at radius 2 is 1.76 bits per heavy atom. The van der Waals surface area contributed by atoms with Crippen LogP contribution in [-0.2, 0) is 6.18 Å². The van der Waals surface area contributed by atoms with Gasteiger partial charge in [0.1, 0.15) is 24.4 Å². The first-order valence-corrected chi connectivity index (χ1v) is 9.27. The zero-order chi connectivity index (χ0) is 20.3. The predicted molar refractivity (Wildman–Crippen MR) is 98.6 cm³/mol. The topological polar surface area (TPSA) is 69.0 Å². The molecule has 0 aliphatic carbocycles. The lowest BCUT2D eigenvalue weighted by Crippen LogP contribution is -2.25. The van der Waals surface area contributed by atoms with E-state index in [0.717, 1.165) is 42.3 Å². The minimum absolute atomic E-state index is 0.194. The fraction of sp³-hybridized carbons (Fsp3) is 0.368. The van der Waals surface area contributed by atoms with Crippen LogP contribution in [0, 0.1) is 0 Å². The largest absolute Gasteiger partial charge is 0.492 e. The quantitative estimate of drug-likeness (QED) is 0.629. The maximum Gasteiger partial charge on any atom is 0.433 e. The van der Waals surface area contributed by atoms with Crippen LogP contribution in [0.5, 0.6) is 5.75 Å². The van der Waals surface area contributed by atoms with Crippen molar-refractivity contribution in [3.63, 3.8) is 0 Å². The summed E-state index contributed by atoms with van der Waals surface area (Å²) < 4.78 is 45.3. The van der Waals surface area contributed by atoms with Gasteiger partial charge < -0.3 is 4.74 Å². The molecule has 0 unspecified atom stereocenters. The lowest BCUT2D eigenvalue weighted by atomic mass is 10.2. The van der Waals surface area contributed by atoms with E-state index in [2.05, 4.69) is 25.0 Å². The van der Waals surface area contributed by atoms with Gasteiger partial charge in [0.25, 0.3) is 5.95 Å². The van der Waals surface area contributed by atoms with Crippen LogP contribution in [-0.4, -0.2) is 55.9 Å². The smallest absolute Gasteiger partial charge is 0.433 e. The van der Waals surface area contributed by atoms with E-state index < -0.39 is 11.9 Å². The Bertz CT molecular complexity index is 951. The summed E-state index contributed by atoms with van der Waals surface area (Å²) in [5.74, 6) is 0.906. The summed E-state index contributed by atoms with van der Waals surface area (Å²) in [6, 6.07) is 8.06. The number of benzene rings is 1. The molecular formula is C19H19F3N6O. The molecule has 29 heavy (non-hydrogen) atoms. The average molecular weight is 404 g/mol. The lowest BCUT2D eigenvalue weighted by Gasteiger charge is -2.14. The van der Waals surface area contributed by atoms with Gasteiger partial charge in [-0.2, -0.15) is 17.9 Å². The van der Waals surface area contributed by atoms with Crippen LogP contribution >= 0.6 is 0 Å². The van der Waals surface area contributed by atoms with E-state index in [-0.39, 0.29) is 5.95 Å². The molecule has 1 saturated heterocycles. The van der Waals surface area contributed by atoms with Gasteiger partial charge in [-0.3, -0.25) is 4.90 Å². The van der Waals surface area contributed by atoms with Gasteiger partial charge in [0.15, 0.2) is 5.82 Å². The van der Waals surface area contributed by atoms with Crippen molar-refractivity contribution in [1.82, 2.24) is 29.6 Å². The van der Waals surface area contributed by atoms with E-state index >= 15 is 0 Å². The molecule has 3 aromatic rings. The van der Waals surface area contributed by atoms with Crippen molar-refractivity contribution in [1.29, 1.82) is 0 Å². The molecule has 7 nitrogen and oxygen atoms in total. The number of aromatic nitrogens is 5. The van der Waals surface area contributed by atoms with Crippen molar-refractivity contribution in [2.45, 2.75) is 19.0 Å².